The molecule has 0 bridgehead atoms. The number of benzene rings is 4. The Labute approximate surface area is 274 Å². The first kappa shape index (κ1) is 33.8. The topological polar surface area (TPSA) is 96.0 Å². The number of nitrogens with zero attached hydrogens (tertiary/aromatic N) is 2. The van der Waals surface area contributed by atoms with E-state index in [2.05, 4.69) is 5.32 Å². The predicted octanol–water partition coefficient (Wildman–Crippen LogP) is 6.36. The van der Waals surface area contributed by atoms with Crippen LogP contribution in [0.4, 0.5) is 5.69 Å². The molecule has 0 fully saturated rings. The Morgan fingerprint density at radius 2 is 1.40 bits per heavy atom. The molecule has 0 aliphatic rings. The smallest absolute Gasteiger partial charge is 0.264 e. The van der Waals surface area contributed by atoms with Gasteiger partial charge in [0.25, 0.3) is 10.0 Å². The van der Waals surface area contributed by atoms with E-state index in [1.807, 2.05) is 30.3 Å². The molecular formula is C34H35Cl2N3O5S. The fraction of sp³-hybridized carbons (Fsp3) is 0.235. The largest absolute Gasteiger partial charge is 0.492 e. The molecule has 4 aromatic rings. The highest BCUT2D eigenvalue weighted by Crippen LogP contribution is 2.33. The van der Waals surface area contributed by atoms with Gasteiger partial charge in [0.15, 0.2) is 0 Å². The van der Waals surface area contributed by atoms with Gasteiger partial charge in [-0.15, -0.1) is 0 Å². The Balaban J connectivity index is 1.82. The van der Waals surface area contributed by atoms with Crippen molar-refractivity contribution in [3.8, 4) is 5.75 Å². The van der Waals surface area contributed by atoms with E-state index in [1.165, 1.54) is 29.2 Å². The summed E-state index contributed by atoms with van der Waals surface area (Å²) in [7, 11) is -4.30. The summed E-state index contributed by atoms with van der Waals surface area (Å²) in [5.41, 5.74) is 1.75. The molecule has 8 nitrogen and oxygen atoms in total. The molecule has 0 unspecified atom stereocenters. The number of hydrogen-bond acceptors (Lipinski definition) is 5. The lowest BCUT2D eigenvalue weighted by Crippen LogP contribution is -2.53. The first-order valence-corrected chi connectivity index (χ1v) is 16.7. The van der Waals surface area contributed by atoms with Crippen molar-refractivity contribution in [1.29, 1.82) is 0 Å². The van der Waals surface area contributed by atoms with Crippen molar-refractivity contribution >= 4 is 50.7 Å². The third kappa shape index (κ3) is 8.78. The van der Waals surface area contributed by atoms with Crippen molar-refractivity contribution in [3.05, 3.63) is 124 Å². The van der Waals surface area contributed by atoms with Crippen LogP contribution in [0.25, 0.3) is 0 Å². The Morgan fingerprint density at radius 3 is 2.02 bits per heavy atom. The van der Waals surface area contributed by atoms with Crippen LogP contribution in [-0.2, 0) is 32.6 Å². The number of amides is 2. The third-order valence-corrected chi connectivity index (χ3v) is 9.28. The average Bonchev–Trinajstić information content (AvgIpc) is 3.03. The standard InChI is InChI=1S/C34H35Cl2N3O5S/c1-3-37-34(41)31(22-25-10-6-5-7-11-25)38(23-26-14-16-27(35)17-15-26)33(40)24-39(30-12-8-9-13-32(30)44-4-2)45(42,43)29-20-18-28(36)19-21-29/h5-21,31H,3-4,22-24H2,1-2H3,(H,37,41)/t31-/m0/s1. The lowest BCUT2D eigenvalue weighted by molar-refractivity contribution is -0.140. The Morgan fingerprint density at radius 1 is 0.800 bits per heavy atom. The summed E-state index contributed by atoms with van der Waals surface area (Å²) in [6.07, 6.45) is 0.214. The van der Waals surface area contributed by atoms with Gasteiger partial charge in [-0.2, -0.15) is 0 Å². The van der Waals surface area contributed by atoms with E-state index < -0.39 is 28.5 Å². The van der Waals surface area contributed by atoms with Gasteiger partial charge in [-0.05, 0) is 73.5 Å². The second-order valence-electron chi connectivity index (χ2n) is 10.1. The Hall–Kier alpha value is -4.05. The molecule has 4 rings (SSSR count). The number of hydrogen-bond donors (Lipinski definition) is 1. The van der Waals surface area contributed by atoms with Crippen molar-refractivity contribution in [2.45, 2.75) is 37.8 Å². The molecule has 0 aliphatic heterocycles. The number of nitrogens with one attached hydrogen (secondary N) is 1. The highest BCUT2D eigenvalue weighted by molar-refractivity contribution is 7.92. The first-order valence-electron chi connectivity index (χ1n) is 14.5. The van der Waals surface area contributed by atoms with Gasteiger partial charge in [-0.3, -0.25) is 13.9 Å². The molecule has 4 aromatic carbocycles. The van der Waals surface area contributed by atoms with Gasteiger partial charge in [0.05, 0.1) is 17.2 Å². The van der Waals surface area contributed by atoms with E-state index in [0.717, 1.165) is 15.4 Å². The number of carbonyl (C=O) groups excluding carboxylic acids is 2. The summed E-state index contributed by atoms with van der Waals surface area (Å²) in [4.78, 5) is 29.5. The minimum atomic E-state index is -4.30. The number of sulfonamides is 1. The number of para-hydroxylation sites is 2. The summed E-state index contributed by atoms with van der Waals surface area (Å²) in [6.45, 7) is 3.65. The average molecular weight is 669 g/mol. The first-order chi connectivity index (χ1) is 21.6. The lowest BCUT2D eigenvalue weighted by Gasteiger charge is -2.34. The van der Waals surface area contributed by atoms with E-state index >= 15 is 0 Å². The van der Waals surface area contributed by atoms with Crippen LogP contribution in [0.1, 0.15) is 25.0 Å². The van der Waals surface area contributed by atoms with Gasteiger partial charge in [0, 0.05) is 29.6 Å². The minimum Gasteiger partial charge on any atom is -0.492 e. The molecular weight excluding hydrogens is 633 g/mol. The molecule has 0 radical (unpaired) electrons. The molecule has 1 atom stereocenters. The molecule has 2 amide bonds. The van der Waals surface area contributed by atoms with E-state index in [-0.39, 0.29) is 36.1 Å². The normalized spacial score (nSPS) is 11.8. The molecule has 236 valence electrons. The van der Waals surface area contributed by atoms with Crippen LogP contribution in [0.15, 0.2) is 108 Å². The second kappa shape index (κ2) is 15.8. The maximum Gasteiger partial charge on any atom is 0.264 e. The second-order valence-corrected chi connectivity index (χ2v) is 12.8. The van der Waals surface area contributed by atoms with Crippen LogP contribution in [0.2, 0.25) is 10.0 Å². The fourth-order valence-corrected chi connectivity index (χ4v) is 6.50. The Kier molecular flexibility index (Phi) is 11.9. The van der Waals surface area contributed by atoms with Crippen LogP contribution < -0.4 is 14.4 Å². The minimum absolute atomic E-state index is 0.0343. The monoisotopic (exact) mass is 667 g/mol. The maximum atomic E-state index is 14.5. The molecule has 0 heterocycles. The molecule has 0 saturated heterocycles. The number of halogens is 2. The van der Waals surface area contributed by atoms with Crippen molar-refractivity contribution in [2.24, 2.45) is 0 Å². The summed E-state index contributed by atoms with van der Waals surface area (Å²) in [5, 5.41) is 3.74. The Bertz CT molecular complexity index is 1690. The van der Waals surface area contributed by atoms with Crippen molar-refractivity contribution in [1.82, 2.24) is 10.2 Å². The molecule has 0 aromatic heterocycles. The highest BCUT2D eigenvalue weighted by atomic mass is 35.5. The van der Waals surface area contributed by atoms with Crippen molar-refractivity contribution < 1.29 is 22.7 Å². The van der Waals surface area contributed by atoms with Gasteiger partial charge >= 0.3 is 0 Å². The van der Waals surface area contributed by atoms with Crippen LogP contribution in [0.5, 0.6) is 5.75 Å². The fourth-order valence-electron chi connectivity index (χ4n) is 4.82. The van der Waals surface area contributed by atoms with Gasteiger partial charge in [-0.25, -0.2) is 8.42 Å². The molecule has 45 heavy (non-hydrogen) atoms. The quantitative estimate of drug-likeness (QED) is 0.169. The van der Waals surface area contributed by atoms with E-state index in [9.17, 15) is 18.0 Å². The number of carbonyl (C=O) groups is 2. The number of anilines is 1. The van der Waals surface area contributed by atoms with Gasteiger partial charge in [0.2, 0.25) is 11.8 Å². The zero-order valence-electron chi connectivity index (χ0n) is 25.0. The summed E-state index contributed by atoms with van der Waals surface area (Å²) in [6, 6.07) is 27.7. The van der Waals surface area contributed by atoms with Crippen LogP contribution in [0.3, 0.4) is 0 Å². The van der Waals surface area contributed by atoms with Crippen molar-refractivity contribution in [2.75, 3.05) is 24.0 Å². The third-order valence-electron chi connectivity index (χ3n) is 7.00. The molecule has 1 N–H and O–H groups in total. The molecule has 0 spiro atoms. The molecule has 0 saturated carbocycles. The van der Waals surface area contributed by atoms with Crippen LogP contribution in [-0.4, -0.2) is 50.9 Å². The van der Waals surface area contributed by atoms with Crippen LogP contribution >= 0.6 is 23.2 Å². The summed E-state index contributed by atoms with van der Waals surface area (Å²) < 4.78 is 35.2. The zero-order valence-corrected chi connectivity index (χ0v) is 27.4. The number of rotatable bonds is 14. The van der Waals surface area contributed by atoms with E-state index in [0.29, 0.717) is 22.3 Å². The number of likely N-dealkylation sites (N-methyl/N-ethyl adjacent to an activating group) is 1. The van der Waals surface area contributed by atoms with Gasteiger partial charge in [-0.1, -0.05) is 77.8 Å². The molecule has 0 aliphatic carbocycles. The van der Waals surface area contributed by atoms with E-state index in [4.69, 9.17) is 27.9 Å². The van der Waals surface area contributed by atoms with E-state index in [1.54, 1.807) is 62.4 Å². The highest BCUT2D eigenvalue weighted by Gasteiger charge is 2.35. The molecule has 11 heteroatoms. The zero-order chi connectivity index (χ0) is 32.4. The SMILES string of the molecule is CCNC(=O)[C@H](Cc1ccccc1)N(Cc1ccc(Cl)cc1)C(=O)CN(c1ccccc1OCC)S(=O)(=O)c1ccc(Cl)cc1. The summed E-state index contributed by atoms with van der Waals surface area (Å²) >= 11 is 12.2. The number of ether oxygens (including phenoxy) is 1. The van der Waals surface area contributed by atoms with Gasteiger partial charge in [0.1, 0.15) is 18.3 Å². The van der Waals surface area contributed by atoms with Crippen molar-refractivity contribution in [3.63, 3.8) is 0 Å². The lowest BCUT2D eigenvalue weighted by atomic mass is 10.0. The summed E-state index contributed by atoms with van der Waals surface area (Å²) in [5.74, 6) is -0.648. The maximum absolute atomic E-state index is 14.5. The van der Waals surface area contributed by atoms with Crippen LogP contribution in [0, 0.1) is 0 Å². The predicted molar refractivity (Wildman–Crippen MR) is 178 cm³/mol. The van der Waals surface area contributed by atoms with Gasteiger partial charge < -0.3 is 15.0 Å².